The van der Waals surface area contributed by atoms with Crippen LogP contribution in [0.5, 0.6) is 5.75 Å². The van der Waals surface area contributed by atoms with Crippen molar-refractivity contribution in [2.75, 3.05) is 4.90 Å². The standard InChI is InChI=1S/C26H19N5O2/c1-18-12-14-19(15-13-18)24-28-25-22(16-27)23(17-30(25)29-24)31(20-8-4-2-5-9-20)26(32)33-21-10-6-3-7-11-21/h2-15,17H,1H3,(H,28,29). The second-order valence-electron chi connectivity index (χ2n) is 7.48. The third kappa shape index (κ3) is 3.82. The summed E-state index contributed by atoms with van der Waals surface area (Å²) in [5.41, 5.74) is 3.68. The summed E-state index contributed by atoms with van der Waals surface area (Å²) in [6.45, 7) is 2.02. The van der Waals surface area contributed by atoms with Crippen LogP contribution < -0.4 is 9.64 Å². The normalized spacial score (nSPS) is 10.7. The number of rotatable bonds is 4. The SMILES string of the molecule is Cc1ccc(-c2nc3c(C#N)c(N(C(=O)Oc4ccccc4)c4ccccc4)cn3[nH]2)cc1. The molecule has 0 saturated heterocycles. The Morgan fingerprint density at radius 1 is 1.00 bits per heavy atom. The summed E-state index contributed by atoms with van der Waals surface area (Å²) in [5.74, 6) is 1.04. The number of nitriles is 1. The average Bonchev–Trinajstić information content (AvgIpc) is 3.39. The lowest BCUT2D eigenvalue weighted by Crippen LogP contribution is -2.29. The number of H-pyrrole nitrogens is 1. The quantitative estimate of drug-likeness (QED) is 0.385. The van der Waals surface area contributed by atoms with Crippen molar-refractivity contribution in [1.29, 1.82) is 5.26 Å². The molecule has 3 aromatic carbocycles. The monoisotopic (exact) mass is 433 g/mol. The molecule has 0 radical (unpaired) electrons. The summed E-state index contributed by atoms with van der Waals surface area (Å²) in [6, 6.07) is 28.0. The number of hydrogen-bond donors (Lipinski definition) is 1. The molecular formula is C26H19N5O2. The first-order valence-electron chi connectivity index (χ1n) is 10.3. The van der Waals surface area contributed by atoms with E-state index in [0.717, 1.165) is 11.1 Å². The van der Waals surface area contributed by atoms with Crippen LogP contribution >= 0.6 is 0 Å². The van der Waals surface area contributed by atoms with Crippen LogP contribution in [-0.4, -0.2) is 20.7 Å². The molecule has 2 aromatic heterocycles. The number of anilines is 2. The Morgan fingerprint density at radius 2 is 1.67 bits per heavy atom. The number of amides is 1. The Kier molecular flexibility index (Phi) is 5.09. The first-order chi connectivity index (χ1) is 16.1. The molecule has 33 heavy (non-hydrogen) atoms. The highest BCUT2D eigenvalue weighted by Crippen LogP contribution is 2.33. The van der Waals surface area contributed by atoms with E-state index in [1.165, 1.54) is 4.90 Å². The number of aromatic nitrogens is 3. The van der Waals surface area contributed by atoms with E-state index in [-0.39, 0.29) is 5.56 Å². The summed E-state index contributed by atoms with van der Waals surface area (Å²) >= 11 is 0. The number of aryl methyl sites for hydroxylation is 1. The fourth-order valence-electron chi connectivity index (χ4n) is 3.60. The van der Waals surface area contributed by atoms with Gasteiger partial charge in [0, 0.05) is 5.56 Å². The van der Waals surface area contributed by atoms with Crippen LogP contribution in [0.15, 0.2) is 91.1 Å². The van der Waals surface area contributed by atoms with E-state index in [2.05, 4.69) is 16.2 Å². The first-order valence-corrected chi connectivity index (χ1v) is 10.3. The molecule has 0 bridgehead atoms. The van der Waals surface area contributed by atoms with Crippen molar-refractivity contribution >= 4 is 23.1 Å². The second-order valence-corrected chi connectivity index (χ2v) is 7.48. The van der Waals surface area contributed by atoms with Crippen molar-refractivity contribution in [3.05, 3.63) is 102 Å². The minimum Gasteiger partial charge on any atom is -0.410 e. The van der Waals surface area contributed by atoms with Crippen LogP contribution in [0.1, 0.15) is 11.1 Å². The number of aromatic amines is 1. The number of carbonyl (C=O) groups is 1. The lowest BCUT2D eigenvalue weighted by Gasteiger charge is -2.21. The van der Waals surface area contributed by atoms with Crippen molar-refractivity contribution in [3.8, 4) is 23.2 Å². The average molecular weight is 433 g/mol. The third-order valence-corrected chi connectivity index (χ3v) is 5.23. The number of ether oxygens (including phenoxy) is 1. The Morgan fingerprint density at radius 3 is 2.33 bits per heavy atom. The van der Waals surface area contributed by atoms with E-state index in [1.807, 2.05) is 55.5 Å². The molecule has 1 amide bonds. The topological polar surface area (TPSA) is 86.4 Å². The van der Waals surface area contributed by atoms with Gasteiger partial charge in [-0.1, -0.05) is 66.2 Å². The molecule has 0 saturated carbocycles. The summed E-state index contributed by atoms with van der Waals surface area (Å²) in [5, 5.41) is 13.2. The van der Waals surface area contributed by atoms with Gasteiger partial charge in [0.15, 0.2) is 11.5 Å². The molecule has 0 fully saturated rings. The van der Waals surface area contributed by atoms with Gasteiger partial charge in [0.2, 0.25) is 0 Å². The largest absolute Gasteiger partial charge is 0.424 e. The Balaban J connectivity index is 1.60. The Bertz CT molecular complexity index is 1460. The fourth-order valence-corrected chi connectivity index (χ4v) is 3.60. The lowest BCUT2D eigenvalue weighted by atomic mass is 10.1. The highest BCUT2D eigenvalue weighted by atomic mass is 16.6. The van der Waals surface area contributed by atoms with Crippen LogP contribution in [0, 0.1) is 18.3 Å². The Labute approximate surface area is 190 Å². The molecule has 0 unspecified atom stereocenters. The number of para-hydroxylation sites is 2. The molecule has 0 atom stereocenters. The zero-order chi connectivity index (χ0) is 22.8. The molecule has 2 heterocycles. The van der Waals surface area contributed by atoms with Gasteiger partial charge in [0.25, 0.3) is 0 Å². The maximum absolute atomic E-state index is 13.3. The molecule has 0 aliphatic carbocycles. The minimum atomic E-state index is -0.629. The van der Waals surface area contributed by atoms with Crippen molar-refractivity contribution < 1.29 is 9.53 Å². The molecule has 7 nitrogen and oxygen atoms in total. The van der Waals surface area contributed by atoms with Crippen LogP contribution in [0.2, 0.25) is 0 Å². The van der Waals surface area contributed by atoms with Crippen LogP contribution in [0.4, 0.5) is 16.2 Å². The molecule has 0 spiro atoms. The van der Waals surface area contributed by atoms with Crippen molar-refractivity contribution in [3.63, 3.8) is 0 Å². The lowest BCUT2D eigenvalue weighted by molar-refractivity contribution is 0.210. The zero-order valence-corrected chi connectivity index (χ0v) is 17.8. The summed E-state index contributed by atoms with van der Waals surface area (Å²) < 4.78 is 7.25. The molecule has 7 heteroatoms. The van der Waals surface area contributed by atoms with E-state index < -0.39 is 6.09 Å². The van der Waals surface area contributed by atoms with Crippen LogP contribution in [0.25, 0.3) is 17.0 Å². The van der Waals surface area contributed by atoms with Gasteiger partial charge in [-0.3, -0.25) is 5.10 Å². The molecule has 1 N–H and O–H groups in total. The fraction of sp³-hybridized carbons (Fsp3) is 0.0385. The number of carbonyl (C=O) groups excluding carboxylic acids is 1. The number of benzene rings is 3. The highest BCUT2D eigenvalue weighted by molar-refractivity contribution is 6.00. The predicted molar refractivity (Wildman–Crippen MR) is 125 cm³/mol. The van der Waals surface area contributed by atoms with E-state index in [1.54, 1.807) is 47.1 Å². The zero-order valence-electron chi connectivity index (χ0n) is 17.8. The summed E-state index contributed by atoms with van der Waals surface area (Å²) in [4.78, 5) is 19.3. The van der Waals surface area contributed by atoms with E-state index in [9.17, 15) is 10.1 Å². The molecule has 5 aromatic rings. The van der Waals surface area contributed by atoms with Gasteiger partial charge in [0.05, 0.1) is 17.6 Å². The minimum absolute atomic E-state index is 0.262. The molecule has 0 aliphatic rings. The van der Waals surface area contributed by atoms with E-state index in [0.29, 0.717) is 28.6 Å². The maximum atomic E-state index is 13.3. The van der Waals surface area contributed by atoms with Gasteiger partial charge in [-0.2, -0.15) is 5.26 Å². The third-order valence-electron chi connectivity index (χ3n) is 5.23. The molecular weight excluding hydrogens is 414 g/mol. The van der Waals surface area contributed by atoms with Crippen molar-refractivity contribution in [2.24, 2.45) is 0 Å². The molecule has 0 aliphatic heterocycles. The van der Waals surface area contributed by atoms with Crippen LogP contribution in [0.3, 0.4) is 0 Å². The van der Waals surface area contributed by atoms with Crippen molar-refractivity contribution in [1.82, 2.24) is 14.6 Å². The molecule has 160 valence electrons. The van der Waals surface area contributed by atoms with Gasteiger partial charge >= 0.3 is 6.09 Å². The summed E-state index contributed by atoms with van der Waals surface area (Å²) in [6.07, 6.45) is 1.05. The van der Waals surface area contributed by atoms with E-state index in [4.69, 9.17) is 4.74 Å². The van der Waals surface area contributed by atoms with Gasteiger partial charge in [-0.05, 0) is 31.2 Å². The van der Waals surface area contributed by atoms with E-state index >= 15 is 0 Å². The van der Waals surface area contributed by atoms with Crippen LogP contribution in [-0.2, 0) is 0 Å². The Hall–Kier alpha value is -4.83. The highest BCUT2D eigenvalue weighted by Gasteiger charge is 2.27. The summed E-state index contributed by atoms with van der Waals surface area (Å²) in [7, 11) is 0. The van der Waals surface area contributed by atoms with Crippen molar-refractivity contribution in [2.45, 2.75) is 6.92 Å². The first kappa shape index (κ1) is 20.1. The van der Waals surface area contributed by atoms with Gasteiger partial charge < -0.3 is 4.74 Å². The maximum Gasteiger partial charge on any atom is 0.424 e. The number of fused-ring (bicyclic) bond motifs is 1. The number of hydrogen-bond acceptors (Lipinski definition) is 4. The predicted octanol–water partition coefficient (Wildman–Crippen LogP) is 5.85. The second kappa shape index (κ2) is 8.36. The molecule has 5 rings (SSSR count). The van der Waals surface area contributed by atoms with Gasteiger partial charge in [-0.15, -0.1) is 0 Å². The number of nitrogens with zero attached hydrogens (tertiary/aromatic N) is 4. The van der Waals surface area contributed by atoms with Gasteiger partial charge in [0.1, 0.15) is 17.4 Å². The number of nitrogens with one attached hydrogen (secondary N) is 1. The smallest absolute Gasteiger partial charge is 0.410 e. The van der Waals surface area contributed by atoms with Gasteiger partial charge in [-0.25, -0.2) is 19.2 Å².